The number of nitrogens with zero attached hydrogens (tertiary/aromatic N) is 4. The van der Waals surface area contributed by atoms with Crippen LogP contribution >= 0.6 is 11.3 Å². The minimum atomic E-state index is 0.846. The Morgan fingerprint density at radius 1 is 0.314 bits per heavy atom. The van der Waals surface area contributed by atoms with E-state index in [1.807, 2.05) is 35.9 Å². The van der Waals surface area contributed by atoms with Gasteiger partial charge >= 0.3 is 0 Å². The van der Waals surface area contributed by atoms with Crippen molar-refractivity contribution in [3.05, 3.63) is 231 Å². The summed E-state index contributed by atoms with van der Waals surface area (Å²) in [6.07, 6.45) is 3.74. The maximum Gasteiger partial charge on any atom is 0.0795 e. The molecule has 0 unspecified atom stereocenters. The van der Waals surface area contributed by atoms with Crippen LogP contribution in [0, 0.1) is 0 Å². The highest BCUT2D eigenvalue weighted by Crippen LogP contribution is 2.45. The molecule has 0 N–H and O–H groups in total. The first-order valence-electron chi connectivity index (χ1n) is 23.7. The maximum atomic E-state index is 5.49. The predicted molar refractivity (Wildman–Crippen MR) is 296 cm³/mol. The lowest BCUT2D eigenvalue weighted by Gasteiger charge is -2.16. The second kappa shape index (κ2) is 15.2. The molecular formula is C65H38N4S. The molecule has 0 radical (unpaired) electrons. The molecule has 0 bridgehead atoms. The molecule has 0 aliphatic rings. The zero-order valence-electron chi connectivity index (χ0n) is 37.6. The van der Waals surface area contributed by atoms with E-state index in [1.165, 1.54) is 85.5 Å². The van der Waals surface area contributed by atoms with E-state index < -0.39 is 0 Å². The first-order chi connectivity index (χ1) is 34.7. The van der Waals surface area contributed by atoms with Crippen molar-refractivity contribution in [2.75, 3.05) is 0 Å². The molecule has 10 aromatic carbocycles. The van der Waals surface area contributed by atoms with E-state index in [-0.39, 0.29) is 0 Å². The monoisotopic (exact) mass is 906 g/mol. The molecule has 70 heavy (non-hydrogen) atoms. The Hall–Kier alpha value is -9.03. The van der Waals surface area contributed by atoms with Gasteiger partial charge in [-0.25, -0.2) is 4.98 Å². The number of para-hydroxylation sites is 2. The topological polar surface area (TPSA) is 43.6 Å². The summed E-state index contributed by atoms with van der Waals surface area (Å²) in [4.78, 5) is 15.3. The van der Waals surface area contributed by atoms with E-state index >= 15 is 0 Å². The van der Waals surface area contributed by atoms with Crippen LogP contribution < -0.4 is 0 Å². The average Bonchev–Trinajstić information content (AvgIpc) is 3.97. The SMILES string of the molecule is c1ccc(-c2ccc3c(c2)c2cc4c5cc(-c6ccc7sc8ccccc8c7c6)ccc5c5ccccc5c4cc2n3-c2cc(-c3cccc4cccnc34)nc(-c3cccc4cccnc34)c2)cc1. The van der Waals surface area contributed by atoms with Crippen molar-refractivity contribution < 1.29 is 0 Å². The summed E-state index contributed by atoms with van der Waals surface area (Å²) in [5.74, 6) is 0. The van der Waals surface area contributed by atoms with Gasteiger partial charge in [0.25, 0.3) is 0 Å². The van der Waals surface area contributed by atoms with E-state index in [2.05, 4.69) is 211 Å². The van der Waals surface area contributed by atoms with Crippen LogP contribution in [-0.2, 0) is 0 Å². The van der Waals surface area contributed by atoms with Gasteiger partial charge in [-0.2, -0.15) is 0 Å². The van der Waals surface area contributed by atoms with Gasteiger partial charge in [0, 0.05) is 65.2 Å². The molecular weight excluding hydrogens is 869 g/mol. The molecule has 15 rings (SSSR count). The highest BCUT2D eigenvalue weighted by Gasteiger charge is 2.21. The average molecular weight is 907 g/mol. The number of pyridine rings is 3. The fraction of sp³-hybridized carbons (Fsp3) is 0. The summed E-state index contributed by atoms with van der Waals surface area (Å²) in [7, 11) is 0. The molecule has 0 atom stereocenters. The van der Waals surface area contributed by atoms with Crippen molar-refractivity contribution in [2.24, 2.45) is 0 Å². The van der Waals surface area contributed by atoms with Crippen LogP contribution in [0.4, 0.5) is 0 Å². The molecule has 5 heterocycles. The number of benzene rings is 10. The molecule has 0 saturated heterocycles. The van der Waals surface area contributed by atoms with E-state index in [0.717, 1.165) is 61.0 Å². The molecule has 15 aromatic rings. The number of aromatic nitrogens is 4. The molecule has 0 fully saturated rings. The first-order valence-corrected chi connectivity index (χ1v) is 24.5. The van der Waals surface area contributed by atoms with Gasteiger partial charge in [0.15, 0.2) is 0 Å². The Balaban J connectivity index is 1.05. The lowest BCUT2D eigenvalue weighted by atomic mass is 9.91. The summed E-state index contributed by atoms with van der Waals surface area (Å²) in [5, 5.41) is 14.5. The summed E-state index contributed by atoms with van der Waals surface area (Å²) in [5.41, 5.74) is 13.5. The number of fused-ring (bicyclic) bond motifs is 14. The molecule has 0 saturated carbocycles. The van der Waals surface area contributed by atoms with E-state index in [1.54, 1.807) is 0 Å². The third kappa shape index (κ3) is 5.98. The van der Waals surface area contributed by atoms with E-state index in [4.69, 9.17) is 15.0 Å². The summed E-state index contributed by atoms with van der Waals surface area (Å²) >= 11 is 1.86. The smallest absolute Gasteiger partial charge is 0.0795 e. The third-order valence-electron chi connectivity index (χ3n) is 14.4. The van der Waals surface area contributed by atoms with Crippen molar-refractivity contribution >= 4 is 107 Å². The Labute approximate surface area is 406 Å². The van der Waals surface area contributed by atoms with Gasteiger partial charge in [0.2, 0.25) is 0 Å². The molecule has 4 nitrogen and oxygen atoms in total. The Morgan fingerprint density at radius 3 is 1.59 bits per heavy atom. The fourth-order valence-corrected chi connectivity index (χ4v) is 12.3. The fourth-order valence-electron chi connectivity index (χ4n) is 11.2. The van der Waals surface area contributed by atoms with Crippen molar-refractivity contribution in [1.29, 1.82) is 0 Å². The van der Waals surface area contributed by atoms with Gasteiger partial charge in [-0.05, 0) is 127 Å². The molecule has 5 aromatic heterocycles. The van der Waals surface area contributed by atoms with Crippen molar-refractivity contribution in [3.8, 4) is 50.5 Å². The van der Waals surface area contributed by atoms with Crippen molar-refractivity contribution in [2.45, 2.75) is 0 Å². The number of thiophene rings is 1. The van der Waals surface area contributed by atoms with Crippen LogP contribution in [0.5, 0.6) is 0 Å². The highest BCUT2D eigenvalue weighted by atomic mass is 32.1. The number of hydrogen-bond acceptors (Lipinski definition) is 4. The van der Waals surface area contributed by atoms with Gasteiger partial charge in [0.1, 0.15) is 0 Å². The van der Waals surface area contributed by atoms with Crippen LogP contribution in [0.2, 0.25) is 0 Å². The van der Waals surface area contributed by atoms with Gasteiger partial charge in [0.05, 0.1) is 39.1 Å². The summed E-state index contributed by atoms with van der Waals surface area (Å²) in [6, 6.07) is 79.8. The van der Waals surface area contributed by atoms with Gasteiger partial charge in [-0.1, -0.05) is 146 Å². The quantitative estimate of drug-likeness (QED) is 0.162. The predicted octanol–water partition coefficient (Wildman–Crippen LogP) is 17.8. The van der Waals surface area contributed by atoms with Crippen LogP contribution in [0.1, 0.15) is 0 Å². The van der Waals surface area contributed by atoms with Crippen molar-refractivity contribution in [1.82, 2.24) is 19.5 Å². The van der Waals surface area contributed by atoms with Gasteiger partial charge in [-0.15, -0.1) is 11.3 Å². The minimum Gasteiger partial charge on any atom is -0.309 e. The standard InChI is InChI=1S/C65H38N4S/c1-2-12-39(13-3-1)42-25-28-60-55(33-42)56-37-53-52-32-43(44-26-29-63-57(34-44)49-20-6-7-23-62(49)70-63)24-27-48(52)46-18-4-5-19-47(46)54(53)38-61(56)69(60)45-35-58(50-21-8-14-40-16-10-30-66-64(40)50)68-59(36-45)51-22-9-15-41-17-11-31-67-65(41)51/h1-38H. The zero-order valence-corrected chi connectivity index (χ0v) is 38.5. The van der Waals surface area contributed by atoms with Crippen LogP contribution in [-0.4, -0.2) is 19.5 Å². The molecule has 0 amide bonds. The largest absolute Gasteiger partial charge is 0.309 e. The summed E-state index contributed by atoms with van der Waals surface area (Å²) < 4.78 is 5.09. The highest BCUT2D eigenvalue weighted by molar-refractivity contribution is 7.25. The molecule has 0 aliphatic carbocycles. The Bertz CT molecular complexity index is 4550. The second-order valence-corrected chi connectivity index (χ2v) is 19.4. The lowest BCUT2D eigenvalue weighted by Crippen LogP contribution is -1.99. The minimum absolute atomic E-state index is 0.846. The number of rotatable bonds is 5. The Morgan fingerprint density at radius 2 is 0.843 bits per heavy atom. The zero-order chi connectivity index (χ0) is 45.9. The number of hydrogen-bond donors (Lipinski definition) is 0. The Kier molecular flexibility index (Phi) is 8.49. The normalized spacial score (nSPS) is 12.0. The maximum absolute atomic E-state index is 5.49. The molecule has 0 aliphatic heterocycles. The summed E-state index contributed by atoms with van der Waals surface area (Å²) in [6.45, 7) is 0. The van der Waals surface area contributed by atoms with Gasteiger partial charge < -0.3 is 4.57 Å². The van der Waals surface area contributed by atoms with Gasteiger partial charge in [-0.3, -0.25) is 9.97 Å². The second-order valence-electron chi connectivity index (χ2n) is 18.3. The molecule has 324 valence electrons. The lowest BCUT2D eigenvalue weighted by molar-refractivity contribution is 1.16. The first kappa shape index (κ1) is 39.0. The van der Waals surface area contributed by atoms with E-state index in [9.17, 15) is 0 Å². The van der Waals surface area contributed by atoms with Crippen molar-refractivity contribution in [3.63, 3.8) is 0 Å². The van der Waals surface area contributed by atoms with Crippen LogP contribution in [0.25, 0.3) is 147 Å². The third-order valence-corrected chi connectivity index (χ3v) is 15.6. The van der Waals surface area contributed by atoms with E-state index in [0.29, 0.717) is 0 Å². The van der Waals surface area contributed by atoms with Crippen LogP contribution in [0.3, 0.4) is 0 Å². The molecule has 5 heteroatoms. The van der Waals surface area contributed by atoms with Crippen LogP contribution in [0.15, 0.2) is 231 Å². The molecule has 0 spiro atoms.